The molecule has 0 atom stereocenters. The predicted molar refractivity (Wildman–Crippen MR) is 57.5 cm³/mol. The normalized spacial score (nSPS) is 9.33. The Balaban J connectivity index is 2.94. The fourth-order valence-corrected chi connectivity index (χ4v) is 0.844. The first-order chi connectivity index (χ1) is 6.97. The van der Waals surface area contributed by atoms with Crippen LogP contribution in [0.3, 0.4) is 0 Å². The second-order valence-corrected chi connectivity index (χ2v) is 2.58. The third-order valence-electron chi connectivity index (χ3n) is 1.26. The van der Waals surface area contributed by atoms with Crippen molar-refractivity contribution < 1.29 is 0 Å². The van der Waals surface area contributed by atoms with Gasteiger partial charge in [0.05, 0.1) is 0 Å². The van der Waals surface area contributed by atoms with Crippen molar-refractivity contribution in [3.05, 3.63) is 6.07 Å². The van der Waals surface area contributed by atoms with Crippen molar-refractivity contribution in [2.45, 2.75) is 0 Å². The molecule has 0 amide bonds. The maximum absolute atomic E-state index is 6.99. The Hall–Kier alpha value is -2.58. The molecule has 15 heavy (non-hydrogen) atoms. The summed E-state index contributed by atoms with van der Waals surface area (Å²) in [5.41, 5.74) is 15.7. The largest absolute Gasteiger partial charge is 0.383 e. The number of nitrogens with one attached hydrogen (secondary N) is 4. The van der Waals surface area contributed by atoms with Gasteiger partial charge in [-0.3, -0.25) is 16.1 Å². The van der Waals surface area contributed by atoms with E-state index >= 15 is 0 Å². The van der Waals surface area contributed by atoms with Gasteiger partial charge >= 0.3 is 0 Å². The van der Waals surface area contributed by atoms with Gasteiger partial charge in [0.25, 0.3) is 0 Å². The molecule has 0 radical (unpaired) electrons. The van der Waals surface area contributed by atoms with E-state index in [4.69, 9.17) is 28.0 Å². The number of anilines is 3. The molecular formula is C6H11N9. The summed E-state index contributed by atoms with van der Waals surface area (Å²) >= 11 is 0. The van der Waals surface area contributed by atoms with Crippen LogP contribution in [0.2, 0.25) is 0 Å². The maximum Gasteiger partial charge on any atom is 0.233 e. The highest BCUT2D eigenvalue weighted by Gasteiger charge is 2.03. The molecule has 0 spiro atoms. The summed E-state index contributed by atoms with van der Waals surface area (Å²) in [5, 5.41) is 18.8. The van der Waals surface area contributed by atoms with Gasteiger partial charge in [-0.1, -0.05) is 0 Å². The molecule has 9 nitrogen and oxygen atoms in total. The van der Waals surface area contributed by atoms with Crippen LogP contribution in [-0.4, -0.2) is 21.9 Å². The van der Waals surface area contributed by atoms with E-state index in [1.54, 1.807) is 0 Å². The lowest BCUT2D eigenvalue weighted by Crippen LogP contribution is -2.24. The van der Waals surface area contributed by atoms with Crippen LogP contribution in [-0.2, 0) is 0 Å². The highest BCUT2D eigenvalue weighted by atomic mass is 15.2. The summed E-state index contributed by atoms with van der Waals surface area (Å²) in [5.74, 6) is -0.112. The number of guanidine groups is 2. The highest BCUT2D eigenvalue weighted by molar-refractivity contribution is 5.90. The van der Waals surface area contributed by atoms with E-state index in [2.05, 4.69) is 20.6 Å². The number of nitrogens with zero attached hydrogens (tertiary/aromatic N) is 2. The molecule has 0 unspecified atom stereocenters. The van der Waals surface area contributed by atoms with Gasteiger partial charge in [-0.05, 0) is 0 Å². The Morgan fingerprint density at radius 3 is 2.27 bits per heavy atom. The zero-order chi connectivity index (χ0) is 11.4. The summed E-state index contributed by atoms with van der Waals surface area (Å²) in [6.07, 6.45) is 0. The van der Waals surface area contributed by atoms with Crippen LogP contribution in [0.5, 0.6) is 0 Å². The average Bonchev–Trinajstić information content (AvgIpc) is 1.98. The number of nitrogen functional groups attached to an aromatic ring is 1. The first kappa shape index (κ1) is 10.5. The van der Waals surface area contributed by atoms with Crippen molar-refractivity contribution in [2.24, 2.45) is 11.5 Å². The van der Waals surface area contributed by atoms with Gasteiger partial charge in [0.1, 0.15) is 11.6 Å². The summed E-state index contributed by atoms with van der Waals surface area (Å²) in [6.45, 7) is 0. The fourth-order valence-electron chi connectivity index (χ4n) is 0.844. The number of nitrogens with two attached hydrogens (primary N) is 3. The van der Waals surface area contributed by atoms with Crippen molar-refractivity contribution in [2.75, 3.05) is 16.4 Å². The van der Waals surface area contributed by atoms with Crippen molar-refractivity contribution in [1.29, 1.82) is 10.8 Å². The second kappa shape index (κ2) is 4.09. The van der Waals surface area contributed by atoms with Gasteiger partial charge in [-0.15, -0.1) is 0 Å². The molecule has 1 aromatic rings. The van der Waals surface area contributed by atoms with Crippen molar-refractivity contribution in [3.63, 3.8) is 0 Å². The van der Waals surface area contributed by atoms with E-state index in [0.717, 1.165) is 0 Å². The predicted octanol–water partition coefficient (Wildman–Crippen LogP) is -1.33. The molecule has 0 aliphatic carbocycles. The van der Waals surface area contributed by atoms with E-state index in [1.165, 1.54) is 6.07 Å². The summed E-state index contributed by atoms with van der Waals surface area (Å²) in [6, 6.07) is 1.40. The van der Waals surface area contributed by atoms with Crippen LogP contribution in [0, 0.1) is 10.8 Å². The third-order valence-corrected chi connectivity index (χ3v) is 1.26. The van der Waals surface area contributed by atoms with Crippen molar-refractivity contribution in [3.8, 4) is 0 Å². The molecule has 10 N–H and O–H groups in total. The van der Waals surface area contributed by atoms with Crippen LogP contribution < -0.4 is 27.8 Å². The molecule has 0 bridgehead atoms. The van der Waals surface area contributed by atoms with E-state index in [1.807, 2.05) is 0 Å². The molecule has 1 rings (SSSR count). The molecule has 9 heteroatoms. The SMILES string of the molecule is N=C(N)Nc1cc(N)nc(NC(=N)N)n1. The first-order valence-corrected chi connectivity index (χ1v) is 3.84. The maximum atomic E-state index is 6.99. The van der Waals surface area contributed by atoms with Gasteiger partial charge in [0, 0.05) is 6.07 Å². The lowest BCUT2D eigenvalue weighted by atomic mass is 10.5. The Labute approximate surface area is 85.1 Å². The fraction of sp³-hybridized carbons (Fsp3) is 0. The molecule has 0 saturated carbocycles. The van der Waals surface area contributed by atoms with Gasteiger partial charge in [-0.25, -0.2) is 0 Å². The van der Waals surface area contributed by atoms with Crippen LogP contribution in [0.25, 0.3) is 0 Å². The Kier molecular flexibility index (Phi) is 2.86. The first-order valence-electron chi connectivity index (χ1n) is 3.84. The monoisotopic (exact) mass is 209 g/mol. The Morgan fingerprint density at radius 1 is 1.13 bits per heavy atom. The molecule has 0 aliphatic heterocycles. The van der Waals surface area contributed by atoms with E-state index in [-0.39, 0.29) is 29.5 Å². The van der Waals surface area contributed by atoms with Crippen LogP contribution in [0.1, 0.15) is 0 Å². The van der Waals surface area contributed by atoms with Gasteiger partial charge in [0.15, 0.2) is 11.9 Å². The summed E-state index contributed by atoms with van der Waals surface area (Å²) in [7, 11) is 0. The van der Waals surface area contributed by atoms with Gasteiger partial charge in [0.2, 0.25) is 5.95 Å². The molecule has 1 aromatic heterocycles. The smallest absolute Gasteiger partial charge is 0.233 e. The Morgan fingerprint density at radius 2 is 1.73 bits per heavy atom. The number of hydrogen-bond acceptors (Lipinski definition) is 5. The molecule has 80 valence electrons. The molecule has 0 fully saturated rings. The molecule has 0 saturated heterocycles. The lowest BCUT2D eigenvalue weighted by Gasteiger charge is -2.07. The van der Waals surface area contributed by atoms with Crippen molar-refractivity contribution in [1.82, 2.24) is 9.97 Å². The van der Waals surface area contributed by atoms with E-state index in [0.29, 0.717) is 0 Å². The third kappa shape index (κ3) is 3.34. The van der Waals surface area contributed by atoms with Gasteiger partial charge < -0.3 is 22.5 Å². The quantitative estimate of drug-likeness (QED) is 0.233. The van der Waals surface area contributed by atoms with Crippen LogP contribution in [0.15, 0.2) is 6.07 Å². The Bertz CT molecular complexity index is 363. The van der Waals surface area contributed by atoms with Gasteiger partial charge in [-0.2, -0.15) is 9.97 Å². The number of rotatable bonds is 2. The molecule has 1 heterocycles. The average molecular weight is 209 g/mol. The van der Waals surface area contributed by atoms with Crippen LogP contribution in [0.4, 0.5) is 17.6 Å². The minimum atomic E-state index is -0.311. The second-order valence-electron chi connectivity index (χ2n) is 2.58. The topological polar surface area (TPSA) is 176 Å². The zero-order valence-electron chi connectivity index (χ0n) is 7.70. The molecular weight excluding hydrogens is 198 g/mol. The lowest BCUT2D eigenvalue weighted by molar-refractivity contribution is 1.17. The van der Waals surface area contributed by atoms with Crippen LogP contribution >= 0.6 is 0 Å². The summed E-state index contributed by atoms with van der Waals surface area (Å²) in [4.78, 5) is 7.62. The minimum Gasteiger partial charge on any atom is -0.383 e. The number of aromatic nitrogens is 2. The zero-order valence-corrected chi connectivity index (χ0v) is 7.70. The highest BCUT2D eigenvalue weighted by Crippen LogP contribution is 2.10. The number of hydrogen-bond donors (Lipinski definition) is 7. The van der Waals surface area contributed by atoms with Crippen molar-refractivity contribution >= 4 is 29.5 Å². The summed E-state index contributed by atoms with van der Waals surface area (Å²) < 4.78 is 0. The van der Waals surface area contributed by atoms with E-state index < -0.39 is 0 Å². The minimum absolute atomic E-state index is 0.0613. The van der Waals surface area contributed by atoms with E-state index in [9.17, 15) is 0 Å². The molecule has 0 aromatic carbocycles. The molecule has 0 aliphatic rings. The standard InChI is InChI=1S/C6H11N9/c7-2-1-3(13-4(8)9)14-6(12-2)15-5(10)11/h1H,(H10,7,8,9,10,11,12,13,14,15).